The van der Waals surface area contributed by atoms with Crippen molar-refractivity contribution in [1.29, 1.82) is 0 Å². The first-order valence-electron chi connectivity index (χ1n) is 8.37. The Morgan fingerprint density at radius 3 is 2.35 bits per heavy atom. The molecule has 0 spiro atoms. The predicted molar refractivity (Wildman–Crippen MR) is 100 cm³/mol. The molecule has 0 aliphatic rings. The van der Waals surface area contributed by atoms with Crippen LogP contribution in [0.5, 0.6) is 5.75 Å². The van der Waals surface area contributed by atoms with Gasteiger partial charge in [0.1, 0.15) is 5.75 Å². The number of methoxy groups -OCH3 is 1. The third-order valence-electron chi connectivity index (χ3n) is 4.04. The maximum Gasteiger partial charge on any atom is 0.243 e. The highest BCUT2D eigenvalue weighted by atomic mass is 32.2. The van der Waals surface area contributed by atoms with E-state index in [9.17, 15) is 13.2 Å². The molecule has 0 bridgehead atoms. The van der Waals surface area contributed by atoms with Gasteiger partial charge in [-0.3, -0.25) is 4.79 Å². The summed E-state index contributed by atoms with van der Waals surface area (Å²) in [4.78, 5) is 12.6. The van der Waals surface area contributed by atoms with Crippen molar-refractivity contribution in [3.05, 3.63) is 60.2 Å². The molecule has 1 atom stereocenters. The largest absolute Gasteiger partial charge is 0.496 e. The van der Waals surface area contributed by atoms with E-state index in [-0.39, 0.29) is 29.9 Å². The van der Waals surface area contributed by atoms with E-state index in [0.29, 0.717) is 5.75 Å². The number of rotatable bonds is 8. The average molecular weight is 376 g/mol. The van der Waals surface area contributed by atoms with E-state index in [4.69, 9.17) is 4.74 Å². The lowest BCUT2D eigenvalue weighted by molar-refractivity contribution is -0.121. The number of carbonyl (C=O) groups is 1. The van der Waals surface area contributed by atoms with Crippen molar-refractivity contribution in [2.24, 2.45) is 0 Å². The van der Waals surface area contributed by atoms with Crippen molar-refractivity contribution in [2.45, 2.75) is 24.8 Å². The highest BCUT2D eigenvalue weighted by molar-refractivity contribution is 7.89. The Kier molecular flexibility index (Phi) is 6.76. The standard InChI is InChI=1S/C19H24N2O4S/c1-4-21(26(23,24)16-10-6-5-7-11-16)14-19(22)20-15(2)17-12-8-9-13-18(17)25-3/h5-13,15H,4,14H2,1-3H3,(H,20,22). The van der Waals surface area contributed by atoms with Gasteiger partial charge in [0.05, 0.1) is 24.6 Å². The van der Waals surface area contributed by atoms with Crippen molar-refractivity contribution in [1.82, 2.24) is 9.62 Å². The molecule has 26 heavy (non-hydrogen) atoms. The lowest BCUT2D eigenvalue weighted by Gasteiger charge is -2.22. The van der Waals surface area contributed by atoms with Gasteiger partial charge < -0.3 is 10.1 Å². The average Bonchev–Trinajstić information content (AvgIpc) is 2.66. The van der Waals surface area contributed by atoms with Gasteiger partial charge in [0.2, 0.25) is 15.9 Å². The number of hydrogen-bond donors (Lipinski definition) is 1. The van der Waals surface area contributed by atoms with Gasteiger partial charge in [-0.1, -0.05) is 43.3 Å². The zero-order chi connectivity index (χ0) is 19.2. The van der Waals surface area contributed by atoms with Crippen LogP contribution in [0.1, 0.15) is 25.5 Å². The summed E-state index contributed by atoms with van der Waals surface area (Å²) in [5.74, 6) is 0.300. The van der Waals surface area contributed by atoms with Gasteiger partial charge >= 0.3 is 0 Å². The van der Waals surface area contributed by atoms with Crippen LogP contribution in [0.15, 0.2) is 59.5 Å². The van der Waals surface area contributed by atoms with Crippen LogP contribution < -0.4 is 10.1 Å². The Labute approximate surface area is 154 Å². The number of amides is 1. The molecule has 0 aromatic heterocycles. The van der Waals surface area contributed by atoms with Gasteiger partial charge in [-0.05, 0) is 25.1 Å². The molecule has 1 N–H and O–H groups in total. The molecule has 2 aromatic carbocycles. The number of carbonyl (C=O) groups excluding carboxylic acids is 1. The Morgan fingerprint density at radius 1 is 1.12 bits per heavy atom. The van der Waals surface area contributed by atoms with Crippen LogP contribution >= 0.6 is 0 Å². The molecule has 0 aliphatic carbocycles. The van der Waals surface area contributed by atoms with E-state index in [1.54, 1.807) is 32.2 Å². The van der Waals surface area contributed by atoms with Gasteiger partial charge in [-0.15, -0.1) is 0 Å². The molecule has 140 valence electrons. The van der Waals surface area contributed by atoms with Crippen LogP contribution in [-0.2, 0) is 14.8 Å². The number of ether oxygens (including phenoxy) is 1. The molecule has 0 saturated heterocycles. The van der Waals surface area contributed by atoms with Crippen molar-refractivity contribution in [3.8, 4) is 5.75 Å². The molecular weight excluding hydrogens is 352 g/mol. The third kappa shape index (κ3) is 4.62. The fourth-order valence-corrected chi connectivity index (χ4v) is 4.08. The van der Waals surface area contributed by atoms with Crippen LogP contribution in [0.3, 0.4) is 0 Å². The minimum Gasteiger partial charge on any atom is -0.496 e. The topological polar surface area (TPSA) is 75.7 Å². The quantitative estimate of drug-likeness (QED) is 0.768. The van der Waals surface area contributed by atoms with Gasteiger partial charge in [-0.25, -0.2) is 8.42 Å². The first-order chi connectivity index (χ1) is 12.4. The summed E-state index contributed by atoms with van der Waals surface area (Å²) in [6.07, 6.45) is 0. The summed E-state index contributed by atoms with van der Waals surface area (Å²) in [7, 11) is -2.14. The lowest BCUT2D eigenvalue weighted by atomic mass is 10.1. The Bertz CT molecular complexity index is 838. The van der Waals surface area contributed by atoms with E-state index in [1.165, 1.54) is 12.1 Å². The molecule has 0 saturated carbocycles. The fraction of sp³-hybridized carbons (Fsp3) is 0.316. The SMILES string of the molecule is CCN(CC(=O)NC(C)c1ccccc1OC)S(=O)(=O)c1ccccc1. The second kappa shape index (κ2) is 8.82. The lowest BCUT2D eigenvalue weighted by Crippen LogP contribution is -2.41. The molecule has 1 amide bonds. The van der Waals surface area contributed by atoms with Crippen LogP contribution in [0.25, 0.3) is 0 Å². The number of hydrogen-bond acceptors (Lipinski definition) is 4. The normalized spacial score (nSPS) is 12.6. The number of benzene rings is 2. The molecule has 6 nitrogen and oxygen atoms in total. The maximum atomic E-state index is 12.7. The fourth-order valence-electron chi connectivity index (χ4n) is 2.66. The summed E-state index contributed by atoms with van der Waals surface area (Å²) >= 11 is 0. The molecule has 7 heteroatoms. The minimum atomic E-state index is -3.71. The van der Waals surface area contributed by atoms with Crippen molar-refractivity contribution >= 4 is 15.9 Å². The Balaban J connectivity index is 2.10. The second-order valence-corrected chi connectivity index (χ2v) is 7.71. The minimum absolute atomic E-state index is 0.174. The Morgan fingerprint density at radius 2 is 1.73 bits per heavy atom. The van der Waals surface area contributed by atoms with Crippen LogP contribution in [-0.4, -0.2) is 38.8 Å². The predicted octanol–water partition coefficient (Wildman–Crippen LogP) is 2.58. The number of nitrogens with zero attached hydrogens (tertiary/aromatic N) is 1. The Hall–Kier alpha value is -2.38. The highest BCUT2D eigenvalue weighted by Gasteiger charge is 2.25. The van der Waals surface area contributed by atoms with Gasteiger partial charge in [0.25, 0.3) is 0 Å². The maximum absolute atomic E-state index is 12.7. The number of likely N-dealkylation sites (N-methyl/N-ethyl adjacent to an activating group) is 1. The van der Waals surface area contributed by atoms with E-state index in [2.05, 4.69) is 5.32 Å². The van der Waals surface area contributed by atoms with Crippen molar-refractivity contribution in [2.75, 3.05) is 20.2 Å². The molecule has 0 radical (unpaired) electrons. The van der Waals surface area contributed by atoms with Crippen molar-refractivity contribution < 1.29 is 17.9 Å². The molecule has 2 rings (SSSR count). The van der Waals surface area contributed by atoms with E-state index in [1.807, 2.05) is 31.2 Å². The molecule has 2 aromatic rings. The summed E-state index contributed by atoms with van der Waals surface area (Å²) in [6, 6.07) is 15.2. The van der Waals surface area contributed by atoms with Crippen LogP contribution in [0.4, 0.5) is 0 Å². The van der Waals surface area contributed by atoms with Crippen molar-refractivity contribution in [3.63, 3.8) is 0 Å². The van der Waals surface area contributed by atoms with E-state index >= 15 is 0 Å². The molecular formula is C19H24N2O4S. The summed E-state index contributed by atoms with van der Waals surface area (Å²) in [6.45, 7) is 3.50. The first kappa shape index (κ1) is 19.9. The van der Waals surface area contributed by atoms with Crippen LogP contribution in [0, 0.1) is 0 Å². The van der Waals surface area contributed by atoms with Crippen LogP contribution in [0.2, 0.25) is 0 Å². The monoisotopic (exact) mass is 376 g/mol. The van der Waals surface area contributed by atoms with Gasteiger partial charge in [0.15, 0.2) is 0 Å². The molecule has 1 unspecified atom stereocenters. The molecule has 0 fully saturated rings. The zero-order valence-corrected chi connectivity index (χ0v) is 16.0. The summed E-state index contributed by atoms with van der Waals surface area (Å²) < 4.78 is 31.8. The number of sulfonamides is 1. The summed E-state index contributed by atoms with van der Waals surface area (Å²) in [5.41, 5.74) is 0.831. The number of nitrogens with one attached hydrogen (secondary N) is 1. The summed E-state index contributed by atoms with van der Waals surface area (Å²) in [5, 5.41) is 2.83. The smallest absolute Gasteiger partial charge is 0.243 e. The van der Waals surface area contributed by atoms with Gasteiger partial charge in [-0.2, -0.15) is 4.31 Å². The molecule has 0 aliphatic heterocycles. The highest BCUT2D eigenvalue weighted by Crippen LogP contribution is 2.24. The first-order valence-corrected chi connectivity index (χ1v) is 9.81. The third-order valence-corrected chi connectivity index (χ3v) is 5.97. The zero-order valence-electron chi connectivity index (χ0n) is 15.2. The number of para-hydroxylation sites is 1. The second-order valence-electron chi connectivity index (χ2n) is 5.78. The van der Waals surface area contributed by atoms with E-state index in [0.717, 1.165) is 9.87 Å². The van der Waals surface area contributed by atoms with E-state index < -0.39 is 10.0 Å². The molecule has 0 heterocycles. The van der Waals surface area contributed by atoms with Gasteiger partial charge in [0, 0.05) is 12.1 Å².